The Bertz CT molecular complexity index is 769. The summed E-state index contributed by atoms with van der Waals surface area (Å²) in [6.45, 7) is 6.53. The number of anilines is 2. The van der Waals surface area contributed by atoms with E-state index in [-0.39, 0.29) is 11.9 Å². The van der Waals surface area contributed by atoms with Gasteiger partial charge < -0.3 is 14.5 Å². The number of carbonyl (C=O) groups is 1. The second-order valence-corrected chi connectivity index (χ2v) is 6.41. The van der Waals surface area contributed by atoms with Crippen molar-refractivity contribution in [2.24, 2.45) is 5.10 Å². The molecular formula is C21H27FN4O2. The van der Waals surface area contributed by atoms with E-state index in [9.17, 15) is 9.18 Å². The van der Waals surface area contributed by atoms with Crippen molar-refractivity contribution in [3.63, 3.8) is 0 Å². The summed E-state index contributed by atoms with van der Waals surface area (Å²) >= 11 is 0. The van der Waals surface area contributed by atoms with E-state index >= 15 is 0 Å². The van der Waals surface area contributed by atoms with Gasteiger partial charge >= 0.3 is 0 Å². The van der Waals surface area contributed by atoms with E-state index < -0.39 is 0 Å². The van der Waals surface area contributed by atoms with Gasteiger partial charge in [-0.2, -0.15) is 5.10 Å². The molecule has 1 aromatic carbocycles. The average molecular weight is 386 g/mol. The largest absolute Gasteiger partial charge is 0.462 e. The summed E-state index contributed by atoms with van der Waals surface area (Å²) in [5.41, 5.74) is 1.20. The monoisotopic (exact) mass is 386 g/mol. The highest BCUT2D eigenvalue weighted by molar-refractivity contribution is 5.80. The Morgan fingerprint density at radius 1 is 1.43 bits per heavy atom. The Morgan fingerprint density at radius 2 is 2.25 bits per heavy atom. The fourth-order valence-corrected chi connectivity index (χ4v) is 2.86. The Labute approximate surface area is 166 Å². The molecule has 1 heterocycles. The first-order valence-corrected chi connectivity index (χ1v) is 9.25. The topological polar surface area (TPSA) is 48.4 Å². The number of allylic oxidation sites excluding steroid dienone is 1. The molecule has 6 nitrogen and oxygen atoms in total. The number of ether oxygens (including phenoxy) is 1. The highest BCUT2D eigenvalue weighted by Gasteiger charge is 2.17. The number of hydrazone groups is 1. The first kappa shape index (κ1) is 21.3. The van der Waals surface area contributed by atoms with Crippen molar-refractivity contribution in [3.05, 3.63) is 36.2 Å². The quantitative estimate of drug-likeness (QED) is 0.371. The number of rotatable bonds is 9. The van der Waals surface area contributed by atoms with Crippen LogP contribution in [0, 0.1) is 17.7 Å². The lowest BCUT2D eigenvalue weighted by Gasteiger charge is -2.30. The number of halogens is 1. The Balaban J connectivity index is 2.04. The van der Waals surface area contributed by atoms with Crippen molar-refractivity contribution in [2.75, 3.05) is 43.0 Å². The molecule has 1 atom stereocenters. The maximum absolute atomic E-state index is 14.7. The fraction of sp³-hybridized carbons (Fsp3) is 0.429. The van der Waals surface area contributed by atoms with E-state index in [1.54, 1.807) is 24.2 Å². The van der Waals surface area contributed by atoms with Gasteiger partial charge in [0.25, 0.3) is 6.47 Å². The molecule has 0 aliphatic carbocycles. The first-order chi connectivity index (χ1) is 13.6. The van der Waals surface area contributed by atoms with Gasteiger partial charge in [-0.05, 0) is 32.0 Å². The summed E-state index contributed by atoms with van der Waals surface area (Å²) in [5, 5.41) is 6.16. The summed E-state index contributed by atoms with van der Waals surface area (Å²) < 4.78 is 19.8. The molecule has 28 heavy (non-hydrogen) atoms. The molecule has 1 unspecified atom stereocenters. The van der Waals surface area contributed by atoms with Crippen LogP contribution in [0.5, 0.6) is 0 Å². The third kappa shape index (κ3) is 6.02. The van der Waals surface area contributed by atoms with E-state index in [0.29, 0.717) is 44.8 Å². The number of nitrogens with zero attached hydrogens (tertiary/aromatic N) is 4. The van der Waals surface area contributed by atoms with Gasteiger partial charge in [0.05, 0.1) is 25.3 Å². The first-order valence-electron chi connectivity index (χ1n) is 9.25. The van der Waals surface area contributed by atoms with Crippen molar-refractivity contribution in [1.82, 2.24) is 5.01 Å². The maximum atomic E-state index is 14.7. The van der Waals surface area contributed by atoms with Gasteiger partial charge in [0.1, 0.15) is 18.3 Å². The van der Waals surface area contributed by atoms with Gasteiger partial charge in [0, 0.05) is 25.7 Å². The summed E-state index contributed by atoms with van der Waals surface area (Å²) in [6.07, 6.45) is 5.81. The zero-order chi connectivity index (χ0) is 20.4. The van der Waals surface area contributed by atoms with Gasteiger partial charge in [0.2, 0.25) is 0 Å². The van der Waals surface area contributed by atoms with E-state index in [1.807, 2.05) is 42.1 Å². The van der Waals surface area contributed by atoms with E-state index in [1.165, 1.54) is 6.07 Å². The lowest BCUT2D eigenvalue weighted by Crippen LogP contribution is -2.38. The van der Waals surface area contributed by atoms with Crippen LogP contribution in [0.3, 0.4) is 0 Å². The van der Waals surface area contributed by atoms with Crippen LogP contribution in [0.1, 0.15) is 20.3 Å². The van der Waals surface area contributed by atoms with Crippen LogP contribution in [-0.2, 0) is 9.53 Å². The molecule has 1 aromatic rings. The van der Waals surface area contributed by atoms with Crippen LogP contribution in [0.25, 0.3) is 0 Å². The van der Waals surface area contributed by atoms with Crippen molar-refractivity contribution in [2.45, 2.75) is 26.4 Å². The van der Waals surface area contributed by atoms with Crippen molar-refractivity contribution < 1.29 is 13.9 Å². The second kappa shape index (κ2) is 11.0. The fourth-order valence-electron chi connectivity index (χ4n) is 2.86. The SMILES string of the molecule is CC#CCN1CCN(c2ccc(N(C)CC(CC=CC)OC=O)cc2F)C=N1. The summed E-state index contributed by atoms with van der Waals surface area (Å²) in [6, 6.07) is 5.09. The average Bonchev–Trinajstić information content (AvgIpc) is 2.71. The summed E-state index contributed by atoms with van der Waals surface area (Å²) in [5.74, 6) is 5.49. The highest BCUT2D eigenvalue weighted by Crippen LogP contribution is 2.25. The molecule has 2 rings (SSSR count). The summed E-state index contributed by atoms with van der Waals surface area (Å²) in [7, 11) is 1.85. The van der Waals surface area contributed by atoms with Crippen LogP contribution < -0.4 is 9.80 Å². The van der Waals surface area contributed by atoms with Crippen LogP contribution in [-0.4, -0.2) is 57.2 Å². The molecule has 7 heteroatoms. The minimum Gasteiger partial charge on any atom is -0.462 e. The number of benzene rings is 1. The number of likely N-dealkylation sites (N-methyl/N-ethyl adjacent to an activating group) is 1. The minimum absolute atomic E-state index is 0.284. The van der Waals surface area contributed by atoms with E-state index in [2.05, 4.69) is 16.9 Å². The molecule has 0 fully saturated rings. The maximum Gasteiger partial charge on any atom is 0.293 e. The number of hydrogen-bond donors (Lipinski definition) is 0. The predicted octanol–water partition coefficient (Wildman–Crippen LogP) is 2.86. The molecule has 1 aliphatic rings. The van der Waals surface area contributed by atoms with Crippen LogP contribution in [0.4, 0.5) is 15.8 Å². The molecule has 0 saturated carbocycles. The molecule has 0 amide bonds. The predicted molar refractivity (Wildman–Crippen MR) is 111 cm³/mol. The zero-order valence-corrected chi connectivity index (χ0v) is 16.6. The van der Waals surface area contributed by atoms with Crippen molar-refractivity contribution in [1.29, 1.82) is 0 Å². The molecular weight excluding hydrogens is 359 g/mol. The molecule has 0 spiro atoms. The van der Waals surface area contributed by atoms with Crippen LogP contribution in [0.15, 0.2) is 35.5 Å². The molecule has 150 valence electrons. The van der Waals surface area contributed by atoms with Gasteiger partial charge in [-0.15, -0.1) is 5.92 Å². The number of hydrogen-bond acceptors (Lipinski definition) is 6. The van der Waals surface area contributed by atoms with Gasteiger partial charge in [-0.25, -0.2) is 4.39 Å². The van der Waals surface area contributed by atoms with Crippen molar-refractivity contribution in [3.8, 4) is 11.8 Å². The Kier molecular flexibility index (Phi) is 8.35. The number of carbonyl (C=O) groups excluding carboxylic acids is 1. The zero-order valence-electron chi connectivity index (χ0n) is 16.6. The van der Waals surface area contributed by atoms with Gasteiger partial charge in [0.15, 0.2) is 0 Å². The molecule has 1 aliphatic heterocycles. The third-order valence-electron chi connectivity index (χ3n) is 4.43. The minimum atomic E-state index is -0.320. The van der Waals surface area contributed by atoms with Gasteiger partial charge in [-0.3, -0.25) is 9.80 Å². The third-order valence-corrected chi connectivity index (χ3v) is 4.43. The van der Waals surface area contributed by atoms with Gasteiger partial charge in [-0.1, -0.05) is 18.1 Å². The lowest BCUT2D eigenvalue weighted by molar-refractivity contribution is -0.132. The van der Waals surface area contributed by atoms with E-state index in [4.69, 9.17) is 4.74 Å². The second-order valence-electron chi connectivity index (χ2n) is 6.41. The smallest absolute Gasteiger partial charge is 0.293 e. The lowest BCUT2D eigenvalue weighted by atomic mass is 10.2. The standard InChI is InChI=1S/C21H27FN4O2/c1-4-6-8-19(28-17-27)15-24(3)18-9-10-21(20(22)14-18)25-12-13-26(23-16-25)11-7-5-2/h4,6,9-10,14,16-17,19H,8,11-13,15H2,1-3H3. The molecule has 0 aromatic heterocycles. The summed E-state index contributed by atoms with van der Waals surface area (Å²) in [4.78, 5) is 14.4. The molecule has 0 bridgehead atoms. The normalized spacial score (nSPS) is 14.6. The van der Waals surface area contributed by atoms with Crippen LogP contribution >= 0.6 is 0 Å². The van der Waals surface area contributed by atoms with Crippen LogP contribution in [0.2, 0.25) is 0 Å². The Hall–Kier alpha value is -3.01. The Morgan fingerprint density at radius 3 is 2.86 bits per heavy atom. The molecule has 0 radical (unpaired) electrons. The van der Waals surface area contributed by atoms with Crippen molar-refractivity contribution >= 4 is 24.2 Å². The molecule has 0 saturated heterocycles. The molecule has 0 N–H and O–H groups in total. The highest BCUT2D eigenvalue weighted by atomic mass is 19.1. The van der Waals surface area contributed by atoms with E-state index in [0.717, 1.165) is 5.69 Å².